The Balaban J connectivity index is 1.85. The van der Waals surface area contributed by atoms with E-state index in [0.717, 1.165) is 11.1 Å². The molecule has 1 atom stereocenters. The van der Waals surface area contributed by atoms with Gasteiger partial charge in [-0.25, -0.2) is 13.1 Å². The molecule has 1 aromatic rings. The number of fused-ring (bicyclic) bond motifs is 1. The maximum Gasteiger partial charge on any atom is 0.264 e. The average molecular weight is 726 g/mol. The summed E-state index contributed by atoms with van der Waals surface area (Å²) in [5, 5.41) is 21.8. The van der Waals surface area contributed by atoms with Gasteiger partial charge in [-0.05, 0) is 69.7 Å². The average Bonchev–Trinajstić information content (AvgIpc) is 3.39. The number of azide groups is 1. The van der Waals surface area contributed by atoms with Crippen LogP contribution in [0.2, 0.25) is 0 Å². The van der Waals surface area contributed by atoms with Crippen LogP contribution in [0.25, 0.3) is 10.4 Å². The first kappa shape index (κ1) is 42.0. The summed E-state index contributed by atoms with van der Waals surface area (Å²) in [5.41, 5.74) is 10.4. The summed E-state index contributed by atoms with van der Waals surface area (Å²) in [6.45, 7) is 10.8. The lowest BCUT2D eigenvalue weighted by molar-refractivity contribution is -0.130. The van der Waals surface area contributed by atoms with Crippen LogP contribution in [0.1, 0.15) is 55.4 Å². The van der Waals surface area contributed by atoms with E-state index in [0.29, 0.717) is 43.1 Å². The maximum atomic E-state index is 13.4. The smallest absolute Gasteiger partial charge is 0.264 e. The Hall–Kier alpha value is -4.16. The standard InChI is InChI=1S/C31H51N9O9S/c1-20-21(2)28(22(3)23-18-31(4,5)49-27(20)23)50(44,45)39-30(32)35-10-7-8-24(29(43)36-19-26(42)34-6)38-25(41)9-12-46-14-16-48-17-15-47-13-11-37-40-33/h24H,7-19H2,1-6H3,(H,34,42)(H,36,43)(H,38,41)(H3,32,35,39). The van der Waals surface area contributed by atoms with E-state index >= 15 is 0 Å². The molecule has 1 aliphatic rings. The first-order chi connectivity index (χ1) is 23.6. The largest absolute Gasteiger partial charge is 0.487 e. The lowest BCUT2D eigenvalue weighted by Gasteiger charge is -2.20. The third-order valence-corrected chi connectivity index (χ3v) is 9.36. The van der Waals surface area contributed by atoms with Gasteiger partial charge in [-0.3, -0.25) is 19.8 Å². The SMILES string of the molecule is CNC(=O)CNC(=O)C(CCCNC(=N)NS(=O)(=O)c1c(C)c(C)c2c(c1C)CC(C)(C)O2)NC(=O)CCOCCOCCOCCN=[N+]=[N-]. The van der Waals surface area contributed by atoms with Gasteiger partial charge in [0.2, 0.25) is 23.7 Å². The lowest BCUT2D eigenvalue weighted by Crippen LogP contribution is -2.49. The number of carbonyl (C=O) groups is 3. The Morgan fingerprint density at radius 3 is 2.26 bits per heavy atom. The molecule has 1 heterocycles. The monoisotopic (exact) mass is 725 g/mol. The summed E-state index contributed by atoms with van der Waals surface area (Å²) in [4.78, 5) is 39.8. The Kier molecular flexibility index (Phi) is 17.2. The quantitative estimate of drug-likeness (QED) is 0.0247. The molecule has 0 saturated heterocycles. The van der Waals surface area contributed by atoms with Crippen LogP contribution < -0.4 is 30.7 Å². The van der Waals surface area contributed by atoms with Gasteiger partial charge in [-0.2, -0.15) is 0 Å². The van der Waals surface area contributed by atoms with Gasteiger partial charge in [0, 0.05) is 43.5 Å². The fourth-order valence-electron chi connectivity index (χ4n) is 5.16. The molecule has 0 fully saturated rings. The van der Waals surface area contributed by atoms with Gasteiger partial charge in [0.1, 0.15) is 17.4 Å². The van der Waals surface area contributed by atoms with Gasteiger partial charge in [0.25, 0.3) is 10.0 Å². The number of hydrogen-bond donors (Lipinski definition) is 6. The van der Waals surface area contributed by atoms with Crippen molar-refractivity contribution in [2.24, 2.45) is 5.11 Å². The minimum atomic E-state index is -4.12. The highest BCUT2D eigenvalue weighted by Gasteiger charge is 2.36. The molecule has 50 heavy (non-hydrogen) atoms. The number of nitrogens with one attached hydrogen (secondary N) is 6. The van der Waals surface area contributed by atoms with Gasteiger partial charge in [0.15, 0.2) is 0 Å². The van der Waals surface area contributed by atoms with E-state index in [1.165, 1.54) is 7.05 Å². The van der Waals surface area contributed by atoms with Crippen LogP contribution in [0.5, 0.6) is 5.75 Å². The van der Waals surface area contributed by atoms with Crippen LogP contribution in [-0.4, -0.2) is 110 Å². The van der Waals surface area contributed by atoms with Crippen molar-refractivity contribution in [2.45, 2.75) is 76.8 Å². The molecule has 0 aliphatic carbocycles. The first-order valence-electron chi connectivity index (χ1n) is 16.3. The van der Waals surface area contributed by atoms with E-state index in [1.807, 2.05) is 20.8 Å². The van der Waals surface area contributed by atoms with E-state index in [2.05, 4.69) is 36.0 Å². The number of likely N-dealkylation sites (N-methyl/N-ethyl adjacent to an activating group) is 1. The predicted molar refractivity (Wildman–Crippen MR) is 184 cm³/mol. The summed E-state index contributed by atoms with van der Waals surface area (Å²) in [6.07, 6.45) is 0.936. The molecule has 3 amide bonds. The summed E-state index contributed by atoms with van der Waals surface area (Å²) in [7, 11) is -2.69. The maximum absolute atomic E-state index is 13.4. The Labute approximate surface area is 293 Å². The number of amides is 3. The number of benzene rings is 1. The number of ether oxygens (including phenoxy) is 4. The number of carbonyl (C=O) groups excluding carboxylic acids is 3. The molecule has 1 aromatic carbocycles. The molecule has 6 N–H and O–H groups in total. The van der Waals surface area contributed by atoms with E-state index in [4.69, 9.17) is 29.9 Å². The molecule has 0 radical (unpaired) electrons. The van der Waals surface area contributed by atoms with Gasteiger partial charge in [-0.15, -0.1) is 0 Å². The third-order valence-electron chi connectivity index (χ3n) is 7.74. The highest BCUT2D eigenvalue weighted by atomic mass is 32.2. The summed E-state index contributed by atoms with van der Waals surface area (Å²) in [6, 6.07) is -0.992. The Morgan fingerprint density at radius 1 is 0.980 bits per heavy atom. The molecule has 2 rings (SSSR count). The van der Waals surface area contributed by atoms with Crippen LogP contribution >= 0.6 is 0 Å². The third kappa shape index (κ3) is 13.6. The zero-order valence-corrected chi connectivity index (χ0v) is 30.5. The second-order valence-electron chi connectivity index (χ2n) is 12.2. The van der Waals surface area contributed by atoms with Crippen molar-refractivity contribution >= 4 is 33.7 Å². The number of hydrogen-bond acceptors (Lipinski definition) is 11. The highest BCUT2D eigenvalue weighted by Crippen LogP contribution is 2.43. The summed E-state index contributed by atoms with van der Waals surface area (Å²) < 4.78 is 51.2. The first-order valence-corrected chi connectivity index (χ1v) is 17.8. The molecule has 19 heteroatoms. The Bertz CT molecular complexity index is 1510. The van der Waals surface area contributed by atoms with Crippen molar-refractivity contribution in [1.29, 1.82) is 5.41 Å². The molecule has 1 unspecified atom stereocenters. The molecular weight excluding hydrogens is 674 g/mol. The fraction of sp³-hybridized carbons (Fsp3) is 0.677. The summed E-state index contributed by atoms with van der Waals surface area (Å²) >= 11 is 0. The fourth-order valence-corrected chi connectivity index (χ4v) is 6.69. The predicted octanol–water partition coefficient (Wildman–Crippen LogP) is 1.01. The molecule has 0 spiro atoms. The van der Waals surface area contributed by atoms with Gasteiger partial charge < -0.3 is 40.2 Å². The molecular formula is C31H51N9O9S. The van der Waals surface area contributed by atoms with Crippen molar-refractivity contribution in [3.05, 3.63) is 32.7 Å². The van der Waals surface area contributed by atoms with E-state index in [9.17, 15) is 22.8 Å². The zero-order chi connectivity index (χ0) is 37.3. The normalized spacial score (nSPS) is 13.6. The zero-order valence-electron chi connectivity index (χ0n) is 29.7. The van der Waals surface area contributed by atoms with Gasteiger partial charge in [0.05, 0.1) is 51.1 Å². The van der Waals surface area contributed by atoms with Crippen LogP contribution in [0.15, 0.2) is 10.0 Å². The minimum Gasteiger partial charge on any atom is -0.487 e. The van der Waals surface area contributed by atoms with Crippen LogP contribution in [0.3, 0.4) is 0 Å². The second-order valence-corrected chi connectivity index (χ2v) is 13.8. The van der Waals surface area contributed by atoms with E-state index in [-0.39, 0.29) is 63.6 Å². The van der Waals surface area contributed by atoms with Crippen LogP contribution in [0.4, 0.5) is 0 Å². The molecule has 18 nitrogen and oxygen atoms in total. The number of guanidine groups is 1. The molecule has 0 saturated carbocycles. The number of rotatable bonds is 22. The molecule has 280 valence electrons. The van der Waals surface area contributed by atoms with Crippen molar-refractivity contribution in [3.8, 4) is 5.75 Å². The van der Waals surface area contributed by atoms with Crippen molar-refractivity contribution < 1.29 is 41.7 Å². The Morgan fingerprint density at radius 2 is 1.62 bits per heavy atom. The lowest BCUT2D eigenvalue weighted by atomic mass is 9.94. The van der Waals surface area contributed by atoms with Crippen LogP contribution in [0, 0.1) is 26.2 Å². The number of sulfonamides is 1. The topological polar surface area (TPSA) is 255 Å². The van der Waals surface area contributed by atoms with Crippen molar-refractivity contribution in [3.63, 3.8) is 0 Å². The van der Waals surface area contributed by atoms with E-state index < -0.39 is 45.3 Å². The number of nitrogens with zero attached hydrogens (tertiary/aromatic N) is 3. The molecule has 1 aliphatic heterocycles. The van der Waals surface area contributed by atoms with E-state index in [1.54, 1.807) is 13.8 Å². The van der Waals surface area contributed by atoms with Crippen LogP contribution in [-0.2, 0) is 45.0 Å². The van der Waals surface area contributed by atoms with Crippen molar-refractivity contribution in [1.82, 2.24) is 26.0 Å². The molecule has 0 aromatic heterocycles. The van der Waals surface area contributed by atoms with Gasteiger partial charge in [-0.1, -0.05) is 5.11 Å². The highest BCUT2D eigenvalue weighted by molar-refractivity contribution is 7.90. The second kappa shape index (κ2) is 20.5. The van der Waals surface area contributed by atoms with Gasteiger partial charge >= 0.3 is 0 Å². The molecule has 0 bridgehead atoms. The summed E-state index contributed by atoms with van der Waals surface area (Å²) in [5.74, 6) is -1.17. The minimum absolute atomic E-state index is 0.0307. The van der Waals surface area contributed by atoms with Crippen molar-refractivity contribution in [2.75, 3.05) is 66.3 Å².